The van der Waals surface area contributed by atoms with Crippen LogP contribution in [-0.2, 0) is 11.2 Å². The van der Waals surface area contributed by atoms with E-state index in [1.807, 2.05) is 12.2 Å². The van der Waals surface area contributed by atoms with Crippen LogP contribution in [0.2, 0.25) is 0 Å². The first-order valence-corrected chi connectivity index (χ1v) is 12.1. The van der Waals surface area contributed by atoms with Gasteiger partial charge >= 0.3 is 0 Å². The highest BCUT2D eigenvalue weighted by atomic mass is 16.5. The summed E-state index contributed by atoms with van der Waals surface area (Å²) in [5, 5.41) is 24.2. The third-order valence-corrected chi connectivity index (χ3v) is 6.83. The molecular weight excluding hydrogens is 446 g/mol. The minimum absolute atomic E-state index is 0.420. The normalized spacial score (nSPS) is 19.2. The van der Waals surface area contributed by atoms with Gasteiger partial charge in [-0.2, -0.15) is 14.6 Å². The van der Waals surface area contributed by atoms with Gasteiger partial charge in [0.1, 0.15) is 17.9 Å². The molecular formula is C25H29N7O3. The smallest absolute Gasteiger partial charge is 0.273 e. The Bertz CT molecular complexity index is 1460. The first-order chi connectivity index (χ1) is 17.1. The standard InChI is InChI=1S/C25H29N7O3/c1-15-13-19(35-12-9-31-7-10-34-11-8-31)16(2)21-22(15)26-24-23(21)30-32-20(28-29-25(32)27-24)14-17-3-5-18(33)6-4-17/h3-5,13,18,33H,6-12,14H2,1-2H3,(H,26,27,29). The number of hydrogen-bond acceptors (Lipinski definition) is 8. The molecule has 182 valence electrons. The molecule has 4 heterocycles. The second kappa shape index (κ2) is 9.03. The average Bonchev–Trinajstić information content (AvgIpc) is 3.44. The highest BCUT2D eigenvalue weighted by molar-refractivity contribution is 6.07. The lowest BCUT2D eigenvalue weighted by Gasteiger charge is -2.26. The predicted molar refractivity (Wildman–Crippen MR) is 132 cm³/mol. The third kappa shape index (κ3) is 4.18. The summed E-state index contributed by atoms with van der Waals surface area (Å²) < 4.78 is 13.4. The molecule has 2 N–H and O–H groups in total. The van der Waals surface area contributed by atoms with Crippen LogP contribution in [-0.4, -0.2) is 85.3 Å². The van der Waals surface area contributed by atoms with Crippen molar-refractivity contribution in [2.75, 3.05) is 39.5 Å². The van der Waals surface area contributed by atoms with Crippen LogP contribution in [0.1, 0.15) is 23.4 Å². The van der Waals surface area contributed by atoms with Gasteiger partial charge in [-0.15, -0.1) is 10.2 Å². The van der Waals surface area contributed by atoms with Gasteiger partial charge in [-0.05, 0) is 37.5 Å². The van der Waals surface area contributed by atoms with Crippen molar-refractivity contribution in [1.29, 1.82) is 0 Å². The van der Waals surface area contributed by atoms with Gasteiger partial charge in [-0.1, -0.05) is 18.2 Å². The Morgan fingerprint density at radius 3 is 2.89 bits per heavy atom. The van der Waals surface area contributed by atoms with E-state index in [4.69, 9.17) is 19.6 Å². The zero-order chi connectivity index (χ0) is 23.9. The predicted octanol–water partition coefficient (Wildman–Crippen LogP) is 2.27. The molecule has 0 amide bonds. The van der Waals surface area contributed by atoms with Gasteiger partial charge in [0.25, 0.3) is 5.78 Å². The van der Waals surface area contributed by atoms with Crippen molar-refractivity contribution >= 4 is 27.8 Å². The molecule has 6 rings (SSSR count). The van der Waals surface area contributed by atoms with Crippen LogP contribution in [0.4, 0.5) is 0 Å². The van der Waals surface area contributed by atoms with Crippen molar-refractivity contribution in [1.82, 2.24) is 34.7 Å². The number of nitrogens with zero attached hydrogens (tertiary/aromatic N) is 6. The minimum Gasteiger partial charge on any atom is -0.492 e. The van der Waals surface area contributed by atoms with Crippen molar-refractivity contribution < 1.29 is 14.6 Å². The first-order valence-electron chi connectivity index (χ1n) is 12.1. The first kappa shape index (κ1) is 22.1. The topological polar surface area (TPSA) is 114 Å². The van der Waals surface area contributed by atoms with E-state index in [0.717, 1.165) is 71.7 Å². The summed E-state index contributed by atoms with van der Waals surface area (Å²) in [6.45, 7) is 9.10. The van der Waals surface area contributed by atoms with Crippen molar-refractivity contribution in [2.24, 2.45) is 0 Å². The van der Waals surface area contributed by atoms with Crippen LogP contribution in [0, 0.1) is 13.8 Å². The molecule has 0 bridgehead atoms. The molecule has 35 heavy (non-hydrogen) atoms. The van der Waals surface area contributed by atoms with E-state index in [9.17, 15) is 5.11 Å². The summed E-state index contributed by atoms with van der Waals surface area (Å²) in [4.78, 5) is 10.5. The zero-order valence-corrected chi connectivity index (χ0v) is 20.0. The Kier molecular flexibility index (Phi) is 5.71. The number of H-pyrrole nitrogens is 1. The largest absolute Gasteiger partial charge is 0.492 e. The monoisotopic (exact) mass is 475 g/mol. The molecule has 1 fully saturated rings. The number of morpholine rings is 1. The second-order valence-corrected chi connectivity index (χ2v) is 9.25. The molecule has 1 aromatic carbocycles. The fraction of sp³-hybridized carbons (Fsp3) is 0.440. The van der Waals surface area contributed by atoms with E-state index < -0.39 is 6.10 Å². The molecule has 1 aliphatic heterocycles. The van der Waals surface area contributed by atoms with Gasteiger partial charge in [0.2, 0.25) is 0 Å². The van der Waals surface area contributed by atoms with Gasteiger partial charge in [-0.25, -0.2) is 0 Å². The molecule has 1 unspecified atom stereocenters. The molecule has 10 nitrogen and oxygen atoms in total. The summed E-state index contributed by atoms with van der Waals surface area (Å²) in [6, 6.07) is 2.08. The minimum atomic E-state index is -0.420. The lowest BCUT2D eigenvalue weighted by Crippen LogP contribution is -2.38. The second-order valence-electron chi connectivity index (χ2n) is 9.25. The Labute approximate surface area is 202 Å². The molecule has 1 atom stereocenters. The number of allylic oxidation sites excluding steroid dienone is 2. The van der Waals surface area contributed by atoms with Gasteiger partial charge < -0.3 is 19.6 Å². The molecule has 1 aliphatic carbocycles. The van der Waals surface area contributed by atoms with E-state index in [2.05, 4.69) is 40.0 Å². The maximum absolute atomic E-state index is 9.70. The van der Waals surface area contributed by atoms with E-state index >= 15 is 0 Å². The summed E-state index contributed by atoms with van der Waals surface area (Å²) in [5.74, 6) is 2.03. The fourth-order valence-corrected chi connectivity index (χ4v) is 4.83. The number of aliphatic hydroxyl groups excluding tert-OH is 1. The number of aliphatic hydroxyl groups is 1. The Balaban J connectivity index is 1.34. The summed E-state index contributed by atoms with van der Waals surface area (Å²) in [5.41, 5.74) is 5.66. The molecule has 2 aliphatic rings. The summed E-state index contributed by atoms with van der Waals surface area (Å²) >= 11 is 0. The van der Waals surface area contributed by atoms with Gasteiger partial charge in [-0.3, -0.25) is 4.90 Å². The number of hydrogen-bond donors (Lipinski definition) is 2. The fourth-order valence-electron chi connectivity index (χ4n) is 4.83. The van der Waals surface area contributed by atoms with Gasteiger partial charge in [0.05, 0.1) is 24.8 Å². The molecule has 10 heteroatoms. The van der Waals surface area contributed by atoms with E-state index in [-0.39, 0.29) is 0 Å². The van der Waals surface area contributed by atoms with Crippen molar-refractivity contribution in [3.63, 3.8) is 0 Å². The molecule has 4 aromatic rings. The number of aromatic nitrogens is 6. The number of benzene rings is 1. The van der Waals surface area contributed by atoms with Crippen LogP contribution in [0.5, 0.6) is 5.75 Å². The highest BCUT2D eigenvalue weighted by Crippen LogP contribution is 2.34. The summed E-state index contributed by atoms with van der Waals surface area (Å²) in [7, 11) is 0. The van der Waals surface area contributed by atoms with Crippen molar-refractivity contribution in [2.45, 2.75) is 32.8 Å². The number of nitrogens with one attached hydrogen (secondary N) is 1. The molecule has 0 saturated carbocycles. The van der Waals surface area contributed by atoms with Crippen LogP contribution >= 0.6 is 0 Å². The van der Waals surface area contributed by atoms with Gasteiger partial charge in [0.15, 0.2) is 11.5 Å². The Hall–Kier alpha value is -3.34. The van der Waals surface area contributed by atoms with Gasteiger partial charge in [0, 0.05) is 37.0 Å². The van der Waals surface area contributed by atoms with Crippen molar-refractivity contribution in [3.8, 4) is 5.75 Å². The van der Waals surface area contributed by atoms with Crippen LogP contribution in [0.15, 0.2) is 29.9 Å². The molecule has 1 saturated heterocycles. The lowest BCUT2D eigenvalue weighted by molar-refractivity contribution is 0.0322. The van der Waals surface area contributed by atoms with Crippen molar-refractivity contribution in [3.05, 3.63) is 46.8 Å². The Morgan fingerprint density at radius 2 is 2.09 bits per heavy atom. The number of fused-ring (bicyclic) bond motifs is 4. The number of rotatable bonds is 6. The highest BCUT2D eigenvalue weighted by Gasteiger charge is 2.19. The molecule has 3 aromatic heterocycles. The van der Waals surface area contributed by atoms with E-state index in [1.165, 1.54) is 0 Å². The third-order valence-electron chi connectivity index (χ3n) is 6.83. The van der Waals surface area contributed by atoms with Crippen LogP contribution in [0.25, 0.3) is 27.8 Å². The lowest BCUT2D eigenvalue weighted by atomic mass is 10.0. The van der Waals surface area contributed by atoms with Crippen LogP contribution in [0.3, 0.4) is 0 Å². The summed E-state index contributed by atoms with van der Waals surface area (Å²) in [6.07, 6.45) is 6.51. The number of aryl methyl sites for hydroxylation is 2. The average molecular weight is 476 g/mol. The maximum atomic E-state index is 9.70. The Morgan fingerprint density at radius 1 is 1.23 bits per heavy atom. The number of aromatic amines is 1. The maximum Gasteiger partial charge on any atom is 0.273 e. The SMILES string of the molecule is Cc1cc(OCCN2CCOCC2)c(C)c2c1[nH]c1nc3nnc(CC4=CCC(O)C=C4)n3nc12. The van der Waals surface area contributed by atoms with E-state index in [1.54, 1.807) is 10.6 Å². The molecule has 0 spiro atoms. The quantitative estimate of drug-likeness (QED) is 0.437. The zero-order valence-electron chi connectivity index (χ0n) is 20.0. The van der Waals surface area contributed by atoms with Crippen LogP contribution < -0.4 is 4.74 Å². The molecule has 0 radical (unpaired) electrons. The number of ether oxygens (including phenoxy) is 2. The van der Waals surface area contributed by atoms with E-state index in [0.29, 0.717) is 36.7 Å².